The molecule has 0 aliphatic heterocycles. The van der Waals surface area contributed by atoms with Gasteiger partial charge in [-0.25, -0.2) is 9.36 Å². The van der Waals surface area contributed by atoms with E-state index in [1.807, 2.05) is 31.5 Å². The van der Waals surface area contributed by atoms with E-state index in [0.717, 1.165) is 18.1 Å². The molecule has 2 aromatic rings. The highest BCUT2D eigenvalue weighted by Crippen LogP contribution is 2.13. The Morgan fingerprint density at radius 3 is 2.53 bits per heavy atom. The van der Waals surface area contributed by atoms with Crippen molar-refractivity contribution < 1.29 is 4.39 Å². The quantitative estimate of drug-likeness (QED) is 0.919. The Kier molecular flexibility index (Phi) is 5.35. The summed E-state index contributed by atoms with van der Waals surface area (Å²) in [6.45, 7) is 7.56. The van der Waals surface area contributed by atoms with Gasteiger partial charge < -0.3 is 5.32 Å². The lowest BCUT2D eigenvalue weighted by atomic mass is 10.3. The number of hydrogen-bond acceptors (Lipinski definition) is 3. The highest BCUT2D eigenvalue weighted by molar-refractivity contribution is 5.85. The summed E-state index contributed by atoms with van der Waals surface area (Å²) in [4.78, 5) is 0. The minimum absolute atomic E-state index is 0. The number of halogens is 2. The zero-order valence-electron chi connectivity index (χ0n) is 11.4. The Bertz CT molecular complexity index is 534. The fourth-order valence-electron chi connectivity index (χ4n) is 1.86. The van der Waals surface area contributed by atoms with E-state index in [0.29, 0.717) is 18.7 Å². The second-order valence-electron chi connectivity index (χ2n) is 4.12. The Labute approximate surface area is 118 Å². The fraction of sp³-hybridized carbons (Fsp3) is 0.500. The summed E-state index contributed by atoms with van der Waals surface area (Å²) in [7, 11) is 0. The van der Waals surface area contributed by atoms with Gasteiger partial charge in [-0.05, 0) is 20.8 Å². The van der Waals surface area contributed by atoms with Crippen molar-refractivity contribution in [3.63, 3.8) is 0 Å². The summed E-state index contributed by atoms with van der Waals surface area (Å²) in [6.07, 6.45) is 1.56. The van der Waals surface area contributed by atoms with Crippen LogP contribution < -0.4 is 5.32 Å². The van der Waals surface area contributed by atoms with Crippen LogP contribution in [-0.2, 0) is 19.6 Å². The number of nitrogens with zero attached hydrogens (tertiary/aromatic N) is 4. The van der Waals surface area contributed by atoms with Gasteiger partial charge in [0.05, 0.1) is 11.9 Å². The van der Waals surface area contributed by atoms with Crippen LogP contribution >= 0.6 is 12.4 Å². The molecule has 2 heterocycles. The lowest BCUT2D eigenvalue weighted by molar-refractivity contribution is 0.465. The maximum Gasteiger partial charge on any atom is 0.216 e. The van der Waals surface area contributed by atoms with Crippen LogP contribution in [0.4, 0.5) is 10.2 Å². The largest absolute Gasteiger partial charge is 0.366 e. The van der Waals surface area contributed by atoms with Gasteiger partial charge >= 0.3 is 0 Å². The summed E-state index contributed by atoms with van der Waals surface area (Å²) in [6, 6.07) is 1.95. The van der Waals surface area contributed by atoms with Crippen LogP contribution in [0.3, 0.4) is 0 Å². The number of aromatic nitrogens is 4. The van der Waals surface area contributed by atoms with Gasteiger partial charge in [0.25, 0.3) is 0 Å². The molecule has 0 unspecified atom stereocenters. The number of rotatable bonds is 5. The van der Waals surface area contributed by atoms with Crippen molar-refractivity contribution in [2.75, 3.05) is 5.32 Å². The third-order valence-corrected chi connectivity index (χ3v) is 2.81. The van der Waals surface area contributed by atoms with E-state index in [2.05, 4.69) is 15.5 Å². The molecular formula is C12H19ClFN5. The first-order chi connectivity index (χ1) is 8.65. The van der Waals surface area contributed by atoms with Gasteiger partial charge in [0.2, 0.25) is 5.95 Å². The first kappa shape index (κ1) is 15.5. The predicted molar refractivity (Wildman–Crippen MR) is 75.1 cm³/mol. The Balaban J connectivity index is 0.00000180. The van der Waals surface area contributed by atoms with Crippen LogP contribution in [0.5, 0.6) is 0 Å². The molecule has 106 valence electrons. The van der Waals surface area contributed by atoms with Gasteiger partial charge in [0, 0.05) is 31.3 Å². The predicted octanol–water partition coefficient (Wildman–Crippen LogP) is 2.60. The second-order valence-corrected chi connectivity index (χ2v) is 4.12. The molecule has 0 bridgehead atoms. The third-order valence-electron chi connectivity index (χ3n) is 2.81. The van der Waals surface area contributed by atoms with Gasteiger partial charge in [-0.15, -0.1) is 12.4 Å². The lowest BCUT2D eigenvalue weighted by Gasteiger charge is -2.06. The van der Waals surface area contributed by atoms with E-state index in [-0.39, 0.29) is 18.4 Å². The molecule has 19 heavy (non-hydrogen) atoms. The number of aryl methyl sites for hydroxylation is 3. The minimum Gasteiger partial charge on any atom is -0.366 e. The molecule has 0 atom stereocenters. The molecule has 0 aromatic carbocycles. The average Bonchev–Trinajstić information content (AvgIpc) is 2.89. The zero-order valence-corrected chi connectivity index (χ0v) is 12.2. The van der Waals surface area contributed by atoms with Gasteiger partial charge in [-0.1, -0.05) is 0 Å². The van der Waals surface area contributed by atoms with E-state index in [1.54, 1.807) is 6.20 Å². The molecule has 1 N–H and O–H groups in total. The van der Waals surface area contributed by atoms with Crippen molar-refractivity contribution in [3.8, 4) is 0 Å². The summed E-state index contributed by atoms with van der Waals surface area (Å²) in [5.74, 6) is 0.628. The second kappa shape index (κ2) is 6.56. The van der Waals surface area contributed by atoms with E-state index >= 15 is 0 Å². The molecule has 0 amide bonds. The van der Waals surface area contributed by atoms with E-state index in [4.69, 9.17) is 0 Å². The van der Waals surface area contributed by atoms with Crippen LogP contribution in [0.15, 0.2) is 12.3 Å². The van der Waals surface area contributed by atoms with Crippen LogP contribution in [0.1, 0.15) is 25.1 Å². The molecule has 2 aromatic heterocycles. The topological polar surface area (TPSA) is 47.7 Å². The average molecular weight is 288 g/mol. The summed E-state index contributed by atoms with van der Waals surface area (Å²) in [5.41, 5.74) is 1.52. The third kappa shape index (κ3) is 3.26. The van der Waals surface area contributed by atoms with Gasteiger partial charge in [0.1, 0.15) is 5.82 Å². The molecule has 2 rings (SSSR count). The molecule has 0 aliphatic carbocycles. The highest BCUT2D eigenvalue weighted by Gasteiger charge is 2.10. The molecule has 5 nitrogen and oxygen atoms in total. The Morgan fingerprint density at radius 1 is 1.26 bits per heavy atom. The molecule has 0 aliphatic rings. The number of nitrogens with one attached hydrogen (secondary N) is 1. The summed E-state index contributed by atoms with van der Waals surface area (Å²) >= 11 is 0. The van der Waals surface area contributed by atoms with Crippen molar-refractivity contribution in [1.29, 1.82) is 0 Å². The van der Waals surface area contributed by atoms with Crippen LogP contribution in [-0.4, -0.2) is 19.6 Å². The summed E-state index contributed by atoms with van der Waals surface area (Å²) in [5, 5.41) is 11.5. The molecule has 0 saturated carbocycles. The maximum atomic E-state index is 13.8. The molecule has 0 fully saturated rings. The van der Waals surface area contributed by atoms with Crippen molar-refractivity contribution in [2.45, 2.75) is 40.4 Å². The van der Waals surface area contributed by atoms with E-state index in [9.17, 15) is 4.39 Å². The summed E-state index contributed by atoms with van der Waals surface area (Å²) < 4.78 is 17.0. The number of hydrogen-bond donors (Lipinski definition) is 1. The lowest BCUT2D eigenvalue weighted by Crippen LogP contribution is -2.08. The fourth-order valence-corrected chi connectivity index (χ4v) is 1.86. The van der Waals surface area contributed by atoms with E-state index < -0.39 is 0 Å². The molecular weight excluding hydrogens is 269 g/mol. The molecule has 7 heteroatoms. The van der Waals surface area contributed by atoms with Crippen molar-refractivity contribution in [2.24, 2.45) is 0 Å². The van der Waals surface area contributed by atoms with E-state index in [1.165, 1.54) is 4.68 Å². The standard InChI is InChI=1S/C12H18FN5.ClH/c1-4-17-11(6-9(3)16-17)14-7-10-8-15-18(5-2)12(10)13;/h6,8,14H,4-5,7H2,1-3H3;1H. The Morgan fingerprint density at radius 2 is 1.95 bits per heavy atom. The van der Waals surface area contributed by atoms with Gasteiger partial charge in [-0.3, -0.25) is 0 Å². The SMILES string of the molecule is CCn1nc(C)cc1NCc1cnn(CC)c1F.Cl. The highest BCUT2D eigenvalue weighted by atomic mass is 35.5. The van der Waals surface area contributed by atoms with Crippen molar-refractivity contribution in [3.05, 3.63) is 29.5 Å². The first-order valence-corrected chi connectivity index (χ1v) is 6.14. The molecule has 0 spiro atoms. The Hall–Kier alpha value is -1.56. The van der Waals surface area contributed by atoms with Crippen molar-refractivity contribution in [1.82, 2.24) is 19.6 Å². The maximum absolute atomic E-state index is 13.8. The van der Waals surface area contributed by atoms with Crippen molar-refractivity contribution >= 4 is 18.2 Å². The van der Waals surface area contributed by atoms with Crippen LogP contribution in [0.2, 0.25) is 0 Å². The molecule has 0 radical (unpaired) electrons. The van der Waals surface area contributed by atoms with Crippen LogP contribution in [0, 0.1) is 12.9 Å². The monoisotopic (exact) mass is 287 g/mol. The zero-order chi connectivity index (χ0) is 13.1. The van der Waals surface area contributed by atoms with Crippen LogP contribution in [0.25, 0.3) is 0 Å². The van der Waals surface area contributed by atoms with Gasteiger partial charge in [-0.2, -0.15) is 14.6 Å². The number of anilines is 1. The molecule has 0 saturated heterocycles. The first-order valence-electron chi connectivity index (χ1n) is 6.14. The smallest absolute Gasteiger partial charge is 0.216 e. The van der Waals surface area contributed by atoms with Gasteiger partial charge in [0.15, 0.2) is 0 Å². The normalized spacial score (nSPS) is 10.3. The minimum atomic E-state index is -0.274.